The van der Waals surface area contributed by atoms with Gasteiger partial charge in [0.05, 0.1) is 17.8 Å². The highest BCUT2D eigenvalue weighted by molar-refractivity contribution is 5.95. The van der Waals surface area contributed by atoms with Gasteiger partial charge < -0.3 is 9.73 Å². The lowest BCUT2D eigenvalue weighted by atomic mass is 10.1. The molecule has 1 N–H and O–H groups in total. The van der Waals surface area contributed by atoms with Crippen LogP contribution in [0.4, 0.5) is 0 Å². The molecule has 1 aromatic carbocycles. The number of carbonyl (C=O) groups excluding carboxylic acids is 1. The van der Waals surface area contributed by atoms with E-state index in [0.717, 1.165) is 29.6 Å². The minimum atomic E-state index is -0.106. The molecule has 25 heavy (non-hydrogen) atoms. The first kappa shape index (κ1) is 17.2. The third-order valence-electron chi connectivity index (χ3n) is 4.54. The molecule has 3 aromatic rings. The van der Waals surface area contributed by atoms with E-state index in [-0.39, 0.29) is 5.91 Å². The molecule has 0 bridgehead atoms. The van der Waals surface area contributed by atoms with Gasteiger partial charge in [0.25, 0.3) is 5.91 Å². The smallest absolute Gasteiger partial charge is 0.254 e. The van der Waals surface area contributed by atoms with Crippen molar-refractivity contribution in [1.29, 1.82) is 0 Å². The number of rotatable bonds is 7. The van der Waals surface area contributed by atoms with Gasteiger partial charge in [-0.2, -0.15) is 5.10 Å². The number of nitrogens with zero attached hydrogens (tertiary/aromatic N) is 3. The van der Waals surface area contributed by atoms with E-state index in [1.807, 2.05) is 35.9 Å². The lowest BCUT2D eigenvalue weighted by Gasteiger charge is -2.15. The van der Waals surface area contributed by atoms with Crippen molar-refractivity contribution in [3.05, 3.63) is 47.6 Å². The molecular formula is C19H24N4O2. The molecule has 0 saturated heterocycles. The largest absolute Gasteiger partial charge is 0.441 e. The number of amides is 1. The van der Waals surface area contributed by atoms with Crippen molar-refractivity contribution in [3.63, 3.8) is 0 Å². The number of para-hydroxylation sites is 2. The Morgan fingerprint density at radius 3 is 2.76 bits per heavy atom. The van der Waals surface area contributed by atoms with Crippen molar-refractivity contribution in [2.75, 3.05) is 6.54 Å². The van der Waals surface area contributed by atoms with Gasteiger partial charge >= 0.3 is 0 Å². The first-order valence-electron chi connectivity index (χ1n) is 8.80. The predicted molar refractivity (Wildman–Crippen MR) is 96.6 cm³/mol. The standard InChI is InChI=1S/C19H24N4O2/c1-4-14(5-2)23-13(3)15(12-21-23)19(24)20-11-10-18-22-16-8-6-7-9-17(16)25-18/h6-9,12,14H,4-5,10-11H2,1-3H3,(H,20,24). The van der Waals surface area contributed by atoms with Crippen LogP contribution in [0.25, 0.3) is 11.1 Å². The lowest BCUT2D eigenvalue weighted by Crippen LogP contribution is -2.26. The summed E-state index contributed by atoms with van der Waals surface area (Å²) >= 11 is 0. The third kappa shape index (κ3) is 3.57. The summed E-state index contributed by atoms with van der Waals surface area (Å²) in [6.45, 7) is 6.69. The highest BCUT2D eigenvalue weighted by atomic mass is 16.3. The Kier molecular flexibility index (Phi) is 5.16. The van der Waals surface area contributed by atoms with Crippen molar-refractivity contribution in [3.8, 4) is 0 Å². The number of carbonyl (C=O) groups is 1. The number of hydrogen-bond acceptors (Lipinski definition) is 4. The molecular weight excluding hydrogens is 316 g/mol. The van der Waals surface area contributed by atoms with Crippen LogP contribution in [0.1, 0.15) is 54.7 Å². The van der Waals surface area contributed by atoms with Gasteiger partial charge in [0.15, 0.2) is 11.5 Å². The Morgan fingerprint density at radius 1 is 1.28 bits per heavy atom. The Morgan fingerprint density at radius 2 is 2.04 bits per heavy atom. The normalized spacial score (nSPS) is 11.4. The molecule has 2 aromatic heterocycles. The van der Waals surface area contributed by atoms with E-state index in [0.29, 0.717) is 30.5 Å². The van der Waals surface area contributed by atoms with Crippen LogP contribution < -0.4 is 5.32 Å². The zero-order valence-electron chi connectivity index (χ0n) is 15.0. The van der Waals surface area contributed by atoms with Crippen LogP contribution in [0.5, 0.6) is 0 Å². The second-order valence-corrected chi connectivity index (χ2v) is 6.14. The summed E-state index contributed by atoms with van der Waals surface area (Å²) in [5.41, 5.74) is 3.15. The van der Waals surface area contributed by atoms with Gasteiger partial charge in [-0.05, 0) is 31.9 Å². The van der Waals surface area contributed by atoms with Crippen molar-refractivity contribution < 1.29 is 9.21 Å². The SMILES string of the molecule is CCC(CC)n1ncc(C(=O)NCCc2nc3ccccc3o2)c1C. The summed E-state index contributed by atoms with van der Waals surface area (Å²) in [6.07, 6.45) is 4.21. The minimum absolute atomic E-state index is 0.106. The summed E-state index contributed by atoms with van der Waals surface area (Å²) in [4.78, 5) is 16.8. The van der Waals surface area contributed by atoms with Crippen LogP contribution >= 0.6 is 0 Å². The Bertz CT molecular complexity index is 828. The van der Waals surface area contributed by atoms with Crippen LogP contribution in [0, 0.1) is 6.92 Å². The highest BCUT2D eigenvalue weighted by Gasteiger charge is 2.17. The maximum absolute atomic E-state index is 12.4. The fourth-order valence-corrected chi connectivity index (χ4v) is 3.05. The van der Waals surface area contributed by atoms with Crippen molar-refractivity contribution >= 4 is 17.0 Å². The number of fused-ring (bicyclic) bond motifs is 1. The molecule has 0 aliphatic carbocycles. The van der Waals surface area contributed by atoms with Crippen LogP contribution in [0.2, 0.25) is 0 Å². The molecule has 3 rings (SSSR count). The molecule has 6 nitrogen and oxygen atoms in total. The summed E-state index contributed by atoms with van der Waals surface area (Å²) in [7, 11) is 0. The zero-order chi connectivity index (χ0) is 17.8. The van der Waals surface area contributed by atoms with E-state index in [2.05, 4.69) is 29.2 Å². The molecule has 132 valence electrons. The molecule has 1 amide bonds. The fraction of sp³-hybridized carbons (Fsp3) is 0.421. The average Bonchev–Trinajstić information content (AvgIpc) is 3.20. The van der Waals surface area contributed by atoms with Gasteiger partial charge in [-0.1, -0.05) is 26.0 Å². The maximum Gasteiger partial charge on any atom is 0.254 e. The predicted octanol–water partition coefficient (Wildman–Crippen LogP) is 3.67. The molecule has 6 heteroatoms. The fourth-order valence-electron chi connectivity index (χ4n) is 3.05. The van der Waals surface area contributed by atoms with Crippen LogP contribution in [0.3, 0.4) is 0 Å². The number of benzene rings is 1. The Labute approximate surface area is 147 Å². The summed E-state index contributed by atoms with van der Waals surface area (Å²) in [6, 6.07) is 7.98. The van der Waals surface area contributed by atoms with E-state index in [4.69, 9.17) is 4.42 Å². The second-order valence-electron chi connectivity index (χ2n) is 6.14. The first-order chi connectivity index (χ1) is 12.1. The minimum Gasteiger partial charge on any atom is -0.441 e. The van der Waals surface area contributed by atoms with Crippen molar-refractivity contribution in [2.24, 2.45) is 0 Å². The van der Waals surface area contributed by atoms with Gasteiger partial charge in [-0.25, -0.2) is 4.98 Å². The van der Waals surface area contributed by atoms with Crippen molar-refractivity contribution in [1.82, 2.24) is 20.1 Å². The molecule has 0 fully saturated rings. The maximum atomic E-state index is 12.4. The van der Waals surface area contributed by atoms with Gasteiger partial charge in [0, 0.05) is 18.7 Å². The molecule has 0 aliphatic heterocycles. The van der Waals surface area contributed by atoms with Crippen LogP contribution in [-0.2, 0) is 6.42 Å². The quantitative estimate of drug-likeness (QED) is 0.712. The molecule has 0 unspecified atom stereocenters. The molecule has 0 atom stereocenters. The van der Waals surface area contributed by atoms with Gasteiger partial charge in [-0.15, -0.1) is 0 Å². The summed E-state index contributed by atoms with van der Waals surface area (Å²) in [5, 5.41) is 7.33. The number of oxazole rings is 1. The monoisotopic (exact) mass is 340 g/mol. The molecule has 0 saturated carbocycles. The molecule has 2 heterocycles. The van der Waals surface area contributed by atoms with E-state index in [1.165, 1.54) is 0 Å². The van der Waals surface area contributed by atoms with E-state index in [1.54, 1.807) is 6.20 Å². The average molecular weight is 340 g/mol. The van der Waals surface area contributed by atoms with Crippen molar-refractivity contribution in [2.45, 2.75) is 46.1 Å². The zero-order valence-corrected chi connectivity index (χ0v) is 15.0. The number of hydrogen-bond donors (Lipinski definition) is 1. The summed E-state index contributed by atoms with van der Waals surface area (Å²) in [5.74, 6) is 0.525. The highest BCUT2D eigenvalue weighted by Crippen LogP contribution is 2.19. The van der Waals surface area contributed by atoms with Crippen LogP contribution in [-0.4, -0.2) is 27.2 Å². The Balaban J connectivity index is 1.61. The lowest BCUT2D eigenvalue weighted by molar-refractivity contribution is 0.0953. The van der Waals surface area contributed by atoms with Gasteiger partial charge in [0.1, 0.15) is 5.52 Å². The number of aromatic nitrogens is 3. The molecule has 0 radical (unpaired) electrons. The summed E-state index contributed by atoms with van der Waals surface area (Å²) < 4.78 is 7.62. The molecule has 0 spiro atoms. The molecule has 0 aliphatic rings. The third-order valence-corrected chi connectivity index (χ3v) is 4.54. The van der Waals surface area contributed by atoms with Gasteiger partial charge in [-0.3, -0.25) is 9.48 Å². The topological polar surface area (TPSA) is 73.0 Å². The van der Waals surface area contributed by atoms with E-state index >= 15 is 0 Å². The number of nitrogens with one attached hydrogen (secondary N) is 1. The van der Waals surface area contributed by atoms with Crippen LogP contribution in [0.15, 0.2) is 34.9 Å². The Hall–Kier alpha value is -2.63. The first-order valence-corrected chi connectivity index (χ1v) is 8.80. The second kappa shape index (κ2) is 7.51. The van der Waals surface area contributed by atoms with E-state index in [9.17, 15) is 4.79 Å². The van der Waals surface area contributed by atoms with Gasteiger partial charge in [0.2, 0.25) is 0 Å². The van der Waals surface area contributed by atoms with E-state index < -0.39 is 0 Å².